The molecule has 0 aromatic heterocycles. The monoisotopic (exact) mass is 325 g/mol. The summed E-state index contributed by atoms with van der Waals surface area (Å²) in [6.45, 7) is 6.35. The lowest BCUT2D eigenvalue weighted by Crippen LogP contribution is -2.27. The van der Waals surface area contributed by atoms with Crippen LogP contribution in [0.1, 0.15) is 43.5 Å². The van der Waals surface area contributed by atoms with Crippen molar-refractivity contribution >= 4 is 27.6 Å². The number of halogens is 1. The zero-order valence-electron chi connectivity index (χ0n) is 11.4. The highest BCUT2D eigenvalue weighted by molar-refractivity contribution is 9.10. The van der Waals surface area contributed by atoms with Crippen LogP contribution in [0.3, 0.4) is 0 Å². The largest absolute Gasteiger partial charge is 0.478 e. The van der Waals surface area contributed by atoms with Gasteiger partial charge < -0.3 is 10.0 Å². The molecule has 1 aliphatic rings. The number of benzene rings is 1. The Morgan fingerprint density at radius 2 is 2.11 bits per heavy atom. The van der Waals surface area contributed by atoms with Gasteiger partial charge in [-0.15, -0.1) is 0 Å². The molecule has 1 saturated heterocycles. The van der Waals surface area contributed by atoms with Gasteiger partial charge >= 0.3 is 5.97 Å². The second-order valence-corrected chi connectivity index (χ2v) is 6.17. The van der Waals surface area contributed by atoms with Crippen LogP contribution in [0.25, 0.3) is 0 Å². The molecule has 0 aliphatic carbocycles. The molecule has 0 saturated carbocycles. The Hall–Kier alpha value is -1.03. The molecule has 2 rings (SSSR count). The van der Waals surface area contributed by atoms with Crippen molar-refractivity contribution in [3.63, 3.8) is 0 Å². The van der Waals surface area contributed by atoms with E-state index in [1.807, 2.05) is 12.1 Å². The number of aromatic carboxylic acids is 1. The molecule has 0 bridgehead atoms. The summed E-state index contributed by atoms with van der Waals surface area (Å²) in [4.78, 5) is 13.7. The molecule has 0 unspecified atom stereocenters. The highest BCUT2D eigenvalue weighted by Gasteiger charge is 2.36. The molecule has 0 spiro atoms. The van der Waals surface area contributed by atoms with Gasteiger partial charge in [-0.1, -0.05) is 19.9 Å². The van der Waals surface area contributed by atoms with Crippen molar-refractivity contribution in [2.24, 2.45) is 5.41 Å². The Bertz CT molecular complexity index is 483. The van der Waals surface area contributed by atoms with Gasteiger partial charge in [0, 0.05) is 17.6 Å². The summed E-state index contributed by atoms with van der Waals surface area (Å²) in [6, 6.07) is 5.61. The van der Waals surface area contributed by atoms with Gasteiger partial charge in [0.25, 0.3) is 0 Å². The Kier molecular flexibility index (Phi) is 4.19. The lowest BCUT2D eigenvalue weighted by molar-refractivity contribution is 0.0696. The van der Waals surface area contributed by atoms with E-state index in [0.717, 1.165) is 38.0 Å². The maximum atomic E-state index is 11.4. The molecule has 1 aromatic carbocycles. The first-order valence-corrected chi connectivity index (χ1v) is 7.59. The predicted octanol–water partition coefficient (Wildman–Crippen LogP) is 4.16. The molecule has 1 fully saturated rings. The third-order valence-corrected chi connectivity index (χ3v) is 5.15. The summed E-state index contributed by atoms with van der Waals surface area (Å²) in [5.74, 6) is -0.868. The van der Waals surface area contributed by atoms with Crippen molar-refractivity contribution in [3.05, 3.63) is 28.2 Å². The van der Waals surface area contributed by atoms with E-state index < -0.39 is 5.97 Å². The smallest absolute Gasteiger partial charge is 0.338 e. The van der Waals surface area contributed by atoms with E-state index in [0.29, 0.717) is 15.5 Å². The topological polar surface area (TPSA) is 40.5 Å². The Morgan fingerprint density at radius 1 is 1.42 bits per heavy atom. The zero-order valence-corrected chi connectivity index (χ0v) is 13.0. The van der Waals surface area contributed by atoms with Crippen molar-refractivity contribution in [1.82, 2.24) is 0 Å². The highest BCUT2D eigenvalue weighted by atomic mass is 79.9. The highest BCUT2D eigenvalue weighted by Crippen LogP contribution is 2.40. The second kappa shape index (κ2) is 5.53. The molecule has 1 heterocycles. The summed E-state index contributed by atoms with van der Waals surface area (Å²) in [6.07, 6.45) is 3.44. The predicted molar refractivity (Wildman–Crippen MR) is 80.9 cm³/mol. The molecule has 4 heteroatoms. The standard InChI is InChI=1S/C15H20BrNO2/c1-3-15(4-2)8-9-17(10-15)12-7-5-6-11(16)13(12)14(18)19/h5-7H,3-4,8-10H2,1-2H3,(H,18,19). The van der Waals surface area contributed by atoms with Gasteiger partial charge in [-0.3, -0.25) is 0 Å². The fraction of sp³-hybridized carbons (Fsp3) is 0.533. The van der Waals surface area contributed by atoms with Gasteiger partial charge in [0.2, 0.25) is 0 Å². The Morgan fingerprint density at radius 3 is 2.63 bits per heavy atom. The maximum absolute atomic E-state index is 11.4. The van der Waals surface area contributed by atoms with E-state index in [9.17, 15) is 9.90 Å². The molecule has 1 aliphatic heterocycles. The molecule has 104 valence electrons. The van der Waals surface area contributed by atoms with Crippen molar-refractivity contribution in [3.8, 4) is 0 Å². The van der Waals surface area contributed by atoms with Crippen LogP contribution in [0.5, 0.6) is 0 Å². The number of carboxylic acids is 1. The van der Waals surface area contributed by atoms with E-state index in [1.54, 1.807) is 6.07 Å². The van der Waals surface area contributed by atoms with Gasteiger partial charge in [0.15, 0.2) is 0 Å². The van der Waals surface area contributed by atoms with E-state index in [2.05, 4.69) is 34.7 Å². The molecule has 1 aromatic rings. The van der Waals surface area contributed by atoms with Gasteiger partial charge in [-0.05, 0) is 52.7 Å². The van der Waals surface area contributed by atoms with Crippen molar-refractivity contribution in [1.29, 1.82) is 0 Å². The molecule has 0 radical (unpaired) electrons. The summed E-state index contributed by atoms with van der Waals surface area (Å²) in [7, 11) is 0. The van der Waals surface area contributed by atoms with Gasteiger partial charge in [0.05, 0.1) is 11.3 Å². The average molecular weight is 326 g/mol. The van der Waals surface area contributed by atoms with Crippen molar-refractivity contribution in [2.45, 2.75) is 33.1 Å². The van der Waals surface area contributed by atoms with Crippen LogP contribution in [0, 0.1) is 5.41 Å². The first-order valence-electron chi connectivity index (χ1n) is 6.80. The summed E-state index contributed by atoms with van der Waals surface area (Å²) >= 11 is 3.35. The average Bonchev–Trinajstić information content (AvgIpc) is 2.83. The van der Waals surface area contributed by atoms with E-state index in [-0.39, 0.29) is 0 Å². The summed E-state index contributed by atoms with van der Waals surface area (Å²) in [5, 5.41) is 9.39. The zero-order chi connectivity index (χ0) is 14.0. The minimum atomic E-state index is -0.868. The minimum Gasteiger partial charge on any atom is -0.478 e. The van der Waals surface area contributed by atoms with Crippen LogP contribution < -0.4 is 4.90 Å². The van der Waals surface area contributed by atoms with E-state index >= 15 is 0 Å². The normalized spacial score (nSPS) is 17.7. The van der Waals surface area contributed by atoms with Crippen LogP contribution in [-0.2, 0) is 0 Å². The van der Waals surface area contributed by atoms with Gasteiger partial charge in [-0.25, -0.2) is 4.79 Å². The Balaban J connectivity index is 2.34. The van der Waals surface area contributed by atoms with E-state index in [1.165, 1.54) is 0 Å². The molecule has 0 amide bonds. The maximum Gasteiger partial charge on any atom is 0.338 e. The van der Waals surface area contributed by atoms with Gasteiger partial charge in [0.1, 0.15) is 0 Å². The summed E-state index contributed by atoms with van der Waals surface area (Å²) < 4.78 is 0.656. The number of anilines is 1. The Labute approximate surface area is 122 Å². The number of hydrogen-bond acceptors (Lipinski definition) is 2. The number of carboxylic acid groups (broad SMARTS) is 1. The molecule has 3 nitrogen and oxygen atoms in total. The molecule has 1 N–H and O–H groups in total. The summed E-state index contributed by atoms with van der Waals surface area (Å²) in [5.41, 5.74) is 1.56. The number of hydrogen-bond donors (Lipinski definition) is 1. The lowest BCUT2D eigenvalue weighted by atomic mass is 9.82. The quantitative estimate of drug-likeness (QED) is 0.903. The second-order valence-electron chi connectivity index (χ2n) is 5.32. The molecule has 0 atom stereocenters. The molecular formula is C15H20BrNO2. The minimum absolute atomic E-state index is 0.345. The third-order valence-electron chi connectivity index (χ3n) is 4.48. The number of carbonyl (C=O) groups is 1. The van der Waals surface area contributed by atoms with Crippen molar-refractivity contribution in [2.75, 3.05) is 18.0 Å². The first-order chi connectivity index (χ1) is 9.03. The van der Waals surface area contributed by atoms with Crippen molar-refractivity contribution < 1.29 is 9.90 Å². The number of nitrogens with zero attached hydrogens (tertiary/aromatic N) is 1. The SMILES string of the molecule is CCC1(CC)CCN(c2cccc(Br)c2C(=O)O)C1. The fourth-order valence-corrected chi connectivity index (χ4v) is 3.48. The van der Waals surface area contributed by atoms with Crippen LogP contribution >= 0.6 is 15.9 Å². The van der Waals surface area contributed by atoms with Crippen LogP contribution in [0.2, 0.25) is 0 Å². The molecular weight excluding hydrogens is 306 g/mol. The van der Waals surface area contributed by atoms with Crippen LogP contribution in [0.15, 0.2) is 22.7 Å². The van der Waals surface area contributed by atoms with Crippen LogP contribution in [0.4, 0.5) is 5.69 Å². The van der Waals surface area contributed by atoms with Crippen LogP contribution in [-0.4, -0.2) is 24.2 Å². The first kappa shape index (κ1) is 14.4. The van der Waals surface area contributed by atoms with E-state index in [4.69, 9.17) is 0 Å². The lowest BCUT2D eigenvalue weighted by Gasteiger charge is -2.28. The third kappa shape index (κ3) is 2.64. The molecule has 19 heavy (non-hydrogen) atoms. The van der Waals surface area contributed by atoms with Gasteiger partial charge in [-0.2, -0.15) is 0 Å². The fourth-order valence-electron chi connectivity index (χ4n) is 2.96. The number of rotatable bonds is 4.